The molecule has 0 aliphatic rings. The molecule has 0 saturated carbocycles. The molecule has 1 aromatic heterocycles. The maximum Gasteiger partial charge on any atom is 0.252 e. The van der Waals surface area contributed by atoms with Gasteiger partial charge in [0.2, 0.25) is 5.88 Å². The number of amides is 1. The highest BCUT2D eigenvalue weighted by molar-refractivity contribution is 5.93. The van der Waals surface area contributed by atoms with E-state index in [-0.39, 0.29) is 5.91 Å². The van der Waals surface area contributed by atoms with E-state index in [9.17, 15) is 4.79 Å². The van der Waals surface area contributed by atoms with Gasteiger partial charge in [0.05, 0.1) is 12.7 Å². The van der Waals surface area contributed by atoms with E-state index < -0.39 is 0 Å². The first-order valence-corrected chi connectivity index (χ1v) is 6.12. The lowest BCUT2D eigenvalue weighted by Gasteiger charge is -2.05. The zero-order valence-corrected chi connectivity index (χ0v) is 10.8. The summed E-state index contributed by atoms with van der Waals surface area (Å²) in [7, 11) is 1.54. The van der Waals surface area contributed by atoms with Crippen LogP contribution in [0.3, 0.4) is 0 Å². The molecule has 0 aliphatic heterocycles. The maximum atomic E-state index is 11.8. The molecule has 0 bridgehead atoms. The van der Waals surface area contributed by atoms with E-state index in [0.717, 1.165) is 6.42 Å². The number of rotatable bonds is 5. The van der Waals surface area contributed by atoms with Gasteiger partial charge in [0, 0.05) is 18.8 Å². The summed E-state index contributed by atoms with van der Waals surface area (Å²) in [4.78, 5) is 15.8. The Bertz CT molecular complexity index is 524. The number of nitrogens with zero attached hydrogens (tertiary/aromatic N) is 1. The van der Waals surface area contributed by atoms with E-state index in [1.54, 1.807) is 19.2 Å². The molecule has 4 nitrogen and oxygen atoms in total. The van der Waals surface area contributed by atoms with Crippen molar-refractivity contribution in [3.63, 3.8) is 0 Å². The van der Waals surface area contributed by atoms with Gasteiger partial charge in [-0.25, -0.2) is 4.98 Å². The van der Waals surface area contributed by atoms with Crippen LogP contribution in [0.2, 0.25) is 0 Å². The summed E-state index contributed by atoms with van der Waals surface area (Å²) in [6, 6.07) is 13.4. The Labute approximate surface area is 112 Å². The van der Waals surface area contributed by atoms with Gasteiger partial charge in [-0.15, -0.1) is 0 Å². The molecule has 1 heterocycles. The molecule has 0 saturated heterocycles. The summed E-state index contributed by atoms with van der Waals surface area (Å²) < 4.78 is 4.95. The van der Waals surface area contributed by atoms with Crippen molar-refractivity contribution < 1.29 is 9.53 Å². The molecular formula is C15H16N2O2. The molecular weight excluding hydrogens is 240 g/mol. The number of nitrogens with one attached hydrogen (secondary N) is 1. The largest absolute Gasteiger partial charge is 0.481 e. The molecule has 0 atom stereocenters. The van der Waals surface area contributed by atoms with Crippen molar-refractivity contribution in [1.29, 1.82) is 0 Å². The molecule has 1 amide bonds. The van der Waals surface area contributed by atoms with E-state index in [2.05, 4.69) is 10.3 Å². The Hall–Kier alpha value is -2.36. The Morgan fingerprint density at radius 2 is 2.00 bits per heavy atom. The first kappa shape index (κ1) is 13.1. The monoisotopic (exact) mass is 256 g/mol. The second kappa shape index (κ2) is 6.54. The standard InChI is InChI=1S/C15H16N2O2/c1-19-14-8-7-13(11-17-14)15(18)16-10-9-12-5-3-2-4-6-12/h2-8,11H,9-10H2,1H3,(H,16,18). The van der Waals surface area contributed by atoms with E-state index in [1.165, 1.54) is 11.8 Å². The van der Waals surface area contributed by atoms with Gasteiger partial charge < -0.3 is 10.1 Å². The van der Waals surface area contributed by atoms with Gasteiger partial charge in [0.15, 0.2) is 0 Å². The van der Waals surface area contributed by atoms with E-state index >= 15 is 0 Å². The average Bonchev–Trinajstić information content (AvgIpc) is 2.48. The third-order valence-electron chi connectivity index (χ3n) is 2.75. The highest BCUT2D eigenvalue weighted by Crippen LogP contribution is 2.06. The topological polar surface area (TPSA) is 51.2 Å². The van der Waals surface area contributed by atoms with Crippen LogP contribution >= 0.6 is 0 Å². The van der Waals surface area contributed by atoms with Crippen molar-refractivity contribution in [3.8, 4) is 5.88 Å². The number of carbonyl (C=O) groups is 1. The summed E-state index contributed by atoms with van der Waals surface area (Å²) in [6.07, 6.45) is 2.33. The van der Waals surface area contributed by atoms with Gasteiger partial charge in [-0.2, -0.15) is 0 Å². The minimum absolute atomic E-state index is 0.119. The van der Waals surface area contributed by atoms with Crippen LogP contribution in [0.25, 0.3) is 0 Å². The number of hydrogen-bond donors (Lipinski definition) is 1. The van der Waals surface area contributed by atoms with Crippen LogP contribution in [0.15, 0.2) is 48.7 Å². The lowest BCUT2D eigenvalue weighted by atomic mass is 10.1. The number of methoxy groups -OCH3 is 1. The van der Waals surface area contributed by atoms with Gasteiger partial charge in [-0.05, 0) is 18.1 Å². The minimum Gasteiger partial charge on any atom is -0.481 e. The Morgan fingerprint density at radius 1 is 1.21 bits per heavy atom. The fraction of sp³-hybridized carbons (Fsp3) is 0.200. The number of hydrogen-bond acceptors (Lipinski definition) is 3. The third-order valence-corrected chi connectivity index (χ3v) is 2.75. The molecule has 1 N–H and O–H groups in total. The predicted molar refractivity (Wildman–Crippen MR) is 73.3 cm³/mol. The van der Waals surface area contributed by atoms with E-state index in [0.29, 0.717) is 18.0 Å². The normalized spacial score (nSPS) is 9.95. The highest BCUT2D eigenvalue weighted by atomic mass is 16.5. The Balaban J connectivity index is 1.84. The molecule has 0 unspecified atom stereocenters. The first-order chi connectivity index (χ1) is 9.29. The number of benzene rings is 1. The minimum atomic E-state index is -0.119. The summed E-state index contributed by atoms with van der Waals surface area (Å²) in [5.74, 6) is 0.381. The van der Waals surface area contributed by atoms with Gasteiger partial charge >= 0.3 is 0 Å². The highest BCUT2D eigenvalue weighted by Gasteiger charge is 2.05. The Kier molecular flexibility index (Phi) is 4.50. The zero-order chi connectivity index (χ0) is 13.5. The van der Waals surface area contributed by atoms with Gasteiger partial charge in [-0.3, -0.25) is 4.79 Å². The molecule has 0 aliphatic carbocycles. The van der Waals surface area contributed by atoms with Crippen molar-refractivity contribution in [2.45, 2.75) is 6.42 Å². The first-order valence-electron chi connectivity index (χ1n) is 6.12. The summed E-state index contributed by atoms with van der Waals surface area (Å²) in [5.41, 5.74) is 1.74. The van der Waals surface area contributed by atoms with Crippen LogP contribution in [0.1, 0.15) is 15.9 Å². The smallest absolute Gasteiger partial charge is 0.252 e. The fourth-order valence-corrected chi connectivity index (χ4v) is 1.70. The van der Waals surface area contributed by atoms with Gasteiger partial charge in [0.1, 0.15) is 0 Å². The molecule has 0 radical (unpaired) electrons. The van der Waals surface area contributed by atoms with Crippen LogP contribution in [-0.4, -0.2) is 24.5 Å². The zero-order valence-electron chi connectivity index (χ0n) is 10.8. The molecule has 19 heavy (non-hydrogen) atoms. The molecule has 98 valence electrons. The summed E-state index contributed by atoms with van der Waals surface area (Å²) in [5, 5.41) is 2.87. The van der Waals surface area contributed by atoms with Crippen LogP contribution in [0.5, 0.6) is 5.88 Å². The number of pyridine rings is 1. The lowest BCUT2D eigenvalue weighted by Crippen LogP contribution is -2.25. The predicted octanol–water partition coefficient (Wildman–Crippen LogP) is 2.06. The number of ether oxygens (including phenoxy) is 1. The quantitative estimate of drug-likeness (QED) is 0.891. The van der Waals surface area contributed by atoms with E-state index in [1.807, 2.05) is 30.3 Å². The van der Waals surface area contributed by atoms with Gasteiger partial charge in [-0.1, -0.05) is 30.3 Å². The van der Waals surface area contributed by atoms with Crippen molar-refractivity contribution in [3.05, 3.63) is 59.8 Å². The number of aromatic nitrogens is 1. The van der Waals surface area contributed by atoms with Crippen LogP contribution < -0.4 is 10.1 Å². The average molecular weight is 256 g/mol. The van der Waals surface area contributed by atoms with Crippen molar-refractivity contribution in [1.82, 2.24) is 10.3 Å². The summed E-state index contributed by atoms with van der Waals surface area (Å²) >= 11 is 0. The van der Waals surface area contributed by atoms with Crippen LogP contribution in [0.4, 0.5) is 0 Å². The lowest BCUT2D eigenvalue weighted by molar-refractivity contribution is 0.0953. The van der Waals surface area contributed by atoms with Crippen LogP contribution in [-0.2, 0) is 6.42 Å². The molecule has 2 aromatic rings. The fourth-order valence-electron chi connectivity index (χ4n) is 1.70. The Morgan fingerprint density at radius 3 is 2.63 bits per heavy atom. The number of carbonyl (C=O) groups excluding carboxylic acids is 1. The SMILES string of the molecule is COc1ccc(C(=O)NCCc2ccccc2)cn1. The second-order valence-corrected chi connectivity index (χ2v) is 4.08. The third kappa shape index (κ3) is 3.81. The van der Waals surface area contributed by atoms with Gasteiger partial charge in [0.25, 0.3) is 5.91 Å². The molecule has 0 fully saturated rings. The molecule has 4 heteroatoms. The van der Waals surface area contributed by atoms with Crippen molar-refractivity contribution in [2.75, 3.05) is 13.7 Å². The van der Waals surface area contributed by atoms with Crippen molar-refractivity contribution in [2.24, 2.45) is 0 Å². The van der Waals surface area contributed by atoms with Crippen LogP contribution in [0, 0.1) is 0 Å². The maximum absolute atomic E-state index is 11.8. The van der Waals surface area contributed by atoms with Crippen molar-refractivity contribution >= 4 is 5.91 Å². The summed E-state index contributed by atoms with van der Waals surface area (Å²) in [6.45, 7) is 0.606. The molecule has 0 spiro atoms. The second-order valence-electron chi connectivity index (χ2n) is 4.08. The molecule has 1 aromatic carbocycles. The van der Waals surface area contributed by atoms with E-state index in [4.69, 9.17) is 4.74 Å². The molecule has 2 rings (SSSR count).